The fourth-order valence-corrected chi connectivity index (χ4v) is 2.68. The van der Waals surface area contributed by atoms with E-state index < -0.39 is 5.82 Å². The van der Waals surface area contributed by atoms with E-state index in [1.165, 1.54) is 40.9 Å². The number of rotatable bonds is 6. The van der Waals surface area contributed by atoms with Crippen molar-refractivity contribution in [3.63, 3.8) is 0 Å². The molecule has 7 nitrogen and oxygen atoms in total. The number of carbonyl (C=O) groups excluding carboxylic acids is 1. The molecule has 0 aliphatic carbocycles. The minimum atomic E-state index is -0.405. The summed E-state index contributed by atoms with van der Waals surface area (Å²) in [4.78, 5) is 12.0. The summed E-state index contributed by atoms with van der Waals surface area (Å²) in [6, 6.07) is 14.5. The van der Waals surface area contributed by atoms with Gasteiger partial charge in [-0.05, 0) is 42.5 Å². The van der Waals surface area contributed by atoms with E-state index in [4.69, 9.17) is 4.74 Å². The van der Waals surface area contributed by atoms with Crippen LogP contribution in [0, 0.1) is 11.6 Å². The van der Waals surface area contributed by atoms with Gasteiger partial charge in [-0.15, -0.1) is 15.3 Å². The molecule has 29 heavy (non-hydrogen) atoms. The zero-order valence-corrected chi connectivity index (χ0v) is 15.0. The van der Waals surface area contributed by atoms with Gasteiger partial charge in [-0.1, -0.05) is 12.1 Å². The van der Waals surface area contributed by atoms with Crippen molar-refractivity contribution >= 4 is 11.6 Å². The summed E-state index contributed by atoms with van der Waals surface area (Å²) in [5, 5.41) is 15.1. The van der Waals surface area contributed by atoms with Crippen molar-refractivity contribution in [2.45, 2.75) is 0 Å². The molecule has 4 aromatic rings. The van der Waals surface area contributed by atoms with E-state index in [-0.39, 0.29) is 24.9 Å². The average molecular weight is 395 g/mol. The molecule has 0 radical (unpaired) electrons. The van der Waals surface area contributed by atoms with Crippen LogP contribution in [0.25, 0.3) is 17.0 Å². The van der Waals surface area contributed by atoms with Crippen molar-refractivity contribution in [3.8, 4) is 17.3 Å². The molecule has 0 aliphatic rings. The molecule has 4 rings (SSSR count). The van der Waals surface area contributed by atoms with Gasteiger partial charge in [-0.2, -0.15) is 4.52 Å². The summed E-state index contributed by atoms with van der Waals surface area (Å²) in [6.07, 6.45) is 0. The van der Waals surface area contributed by atoms with Crippen LogP contribution in [0.5, 0.6) is 5.88 Å². The van der Waals surface area contributed by atoms with E-state index >= 15 is 0 Å². The van der Waals surface area contributed by atoms with E-state index in [0.29, 0.717) is 28.5 Å². The van der Waals surface area contributed by atoms with Crippen LogP contribution in [0.1, 0.15) is 10.4 Å². The van der Waals surface area contributed by atoms with Gasteiger partial charge in [0.25, 0.3) is 5.91 Å². The van der Waals surface area contributed by atoms with Crippen molar-refractivity contribution in [2.75, 3.05) is 13.2 Å². The lowest BCUT2D eigenvalue weighted by molar-refractivity contribution is 0.0946. The van der Waals surface area contributed by atoms with E-state index in [0.717, 1.165) is 0 Å². The zero-order valence-electron chi connectivity index (χ0n) is 15.0. The fraction of sp³-hybridized carbons (Fsp3) is 0.100. The SMILES string of the molecule is O=C(NCCOc1ccc2nnc(-c3cccc(F)c3)n2n1)c1ccc(F)cc1. The Morgan fingerprint density at radius 2 is 1.83 bits per heavy atom. The Labute approximate surface area is 164 Å². The highest BCUT2D eigenvalue weighted by Gasteiger charge is 2.11. The summed E-state index contributed by atoms with van der Waals surface area (Å²) >= 11 is 0. The maximum Gasteiger partial charge on any atom is 0.251 e. The van der Waals surface area contributed by atoms with Crippen molar-refractivity contribution in [2.24, 2.45) is 0 Å². The number of nitrogens with zero attached hydrogens (tertiary/aromatic N) is 4. The molecule has 1 N–H and O–H groups in total. The molecule has 0 atom stereocenters. The summed E-state index contributed by atoms with van der Waals surface area (Å²) < 4.78 is 33.4. The van der Waals surface area contributed by atoms with Gasteiger partial charge in [0, 0.05) is 17.2 Å². The van der Waals surface area contributed by atoms with Crippen molar-refractivity contribution in [1.82, 2.24) is 25.1 Å². The quantitative estimate of drug-likeness (QED) is 0.508. The van der Waals surface area contributed by atoms with Crippen LogP contribution >= 0.6 is 0 Å². The third-order valence-corrected chi connectivity index (χ3v) is 4.07. The van der Waals surface area contributed by atoms with Crippen LogP contribution in [0.2, 0.25) is 0 Å². The number of halogens is 2. The van der Waals surface area contributed by atoms with Gasteiger partial charge in [0.15, 0.2) is 11.5 Å². The molecule has 9 heteroatoms. The number of hydrogen-bond acceptors (Lipinski definition) is 5. The summed E-state index contributed by atoms with van der Waals surface area (Å²) in [5.41, 5.74) is 1.38. The Hall–Kier alpha value is -3.88. The predicted molar refractivity (Wildman–Crippen MR) is 100 cm³/mol. The first-order valence-electron chi connectivity index (χ1n) is 8.75. The van der Waals surface area contributed by atoms with E-state index in [1.54, 1.807) is 24.3 Å². The van der Waals surface area contributed by atoms with Crippen LogP contribution in [0.3, 0.4) is 0 Å². The number of aromatic nitrogens is 4. The zero-order chi connectivity index (χ0) is 20.2. The lowest BCUT2D eigenvalue weighted by Crippen LogP contribution is -2.28. The average Bonchev–Trinajstić information content (AvgIpc) is 3.15. The Morgan fingerprint density at radius 1 is 1.00 bits per heavy atom. The summed E-state index contributed by atoms with van der Waals surface area (Å²) in [5.74, 6) is -0.439. The molecule has 0 saturated carbocycles. The maximum absolute atomic E-state index is 13.5. The van der Waals surface area contributed by atoms with Crippen molar-refractivity contribution in [1.29, 1.82) is 0 Å². The first-order chi connectivity index (χ1) is 14.1. The standard InChI is InChI=1S/C20H15F2N5O2/c21-15-6-4-13(5-7-15)20(28)23-10-11-29-18-9-8-17-24-25-19(27(17)26-18)14-2-1-3-16(22)12-14/h1-9,12H,10-11H2,(H,23,28). The van der Waals surface area contributed by atoms with Gasteiger partial charge < -0.3 is 10.1 Å². The second-order valence-electron chi connectivity index (χ2n) is 6.09. The van der Waals surface area contributed by atoms with Crippen LogP contribution < -0.4 is 10.1 Å². The molecule has 0 bridgehead atoms. The highest BCUT2D eigenvalue weighted by Crippen LogP contribution is 2.19. The normalized spacial score (nSPS) is 10.8. The van der Waals surface area contributed by atoms with E-state index in [2.05, 4.69) is 20.6 Å². The number of ether oxygens (including phenoxy) is 1. The lowest BCUT2D eigenvalue weighted by Gasteiger charge is -2.08. The van der Waals surface area contributed by atoms with Crippen molar-refractivity contribution < 1.29 is 18.3 Å². The Bertz CT molecular complexity index is 1160. The minimum absolute atomic E-state index is 0.170. The van der Waals surface area contributed by atoms with Gasteiger partial charge >= 0.3 is 0 Å². The van der Waals surface area contributed by atoms with Crippen molar-refractivity contribution in [3.05, 3.63) is 77.9 Å². The number of amides is 1. The molecule has 2 heterocycles. The third-order valence-electron chi connectivity index (χ3n) is 4.07. The van der Waals surface area contributed by atoms with Crippen LogP contribution in [0.15, 0.2) is 60.7 Å². The van der Waals surface area contributed by atoms with E-state index in [9.17, 15) is 13.6 Å². The van der Waals surface area contributed by atoms with Gasteiger partial charge in [-0.3, -0.25) is 4.79 Å². The first-order valence-corrected chi connectivity index (χ1v) is 8.75. The smallest absolute Gasteiger partial charge is 0.251 e. The molecule has 0 unspecified atom stereocenters. The highest BCUT2D eigenvalue weighted by molar-refractivity contribution is 5.94. The van der Waals surface area contributed by atoms with Gasteiger partial charge in [0.2, 0.25) is 5.88 Å². The largest absolute Gasteiger partial charge is 0.475 e. The topological polar surface area (TPSA) is 81.4 Å². The fourth-order valence-electron chi connectivity index (χ4n) is 2.68. The number of carbonyl (C=O) groups is 1. The molecule has 0 saturated heterocycles. The molecule has 0 aliphatic heterocycles. The minimum Gasteiger partial charge on any atom is -0.475 e. The highest BCUT2D eigenvalue weighted by atomic mass is 19.1. The second kappa shape index (κ2) is 8.01. The maximum atomic E-state index is 13.5. The molecule has 2 aromatic heterocycles. The Balaban J connectivity index is 1.40. The number of fused-ring (bicyclic) bond motifs is 1. The number of nitrogens with one attached hydrogen (secondary N) is 1. The number of hydrogen-bond donors (Lipinski definition) is 1. The molecule has 0 fully saturated rings. The summed E-state index contributed by atoms with van der Waals surface area (Å²) in [6.45, 7) is 0.401. The lowest BCUT2D eigenvalue weighted by atomic mass is 10.2. The second-order valence-corrected chi connectivity index (χ2v) is 6.09. The van der Waals surface area contributed by atoms with Gasteiger partial charge in [-0.25, -0.2) is 8.78 Å². The monoisotopic (exact) mass is 395 g/mol. The molecular weight excluding hydrogens is 380 g/mol. The van der Waals surface area contributed by atoms with Crippen LogP contribution in [0.4, 0.5) is 8.78 Å². The molecule has 146 valence electrons. The van der Waals surface area contributed by atoms with E-state index in [1.807, 2.05) is 0 Å². The first kappa shape index (κ1) is 18.5. The summed E-state index contributed by atoms with van der Waals surface area (Å²) in [7, 11) is 0. The Morgan fingerprint density at radius 3 is 2.62 bits per heavy atom. The van der Waals surface area contributed by atoms with Gasteiger partial charge in [0.05, 0.1) is 6.54 Å². The number of benzene rings is 2. The predicted octanol–water partition coefficient (Wildman–Crippen LogP) is 2.88. The third kappa shape index (κ3) is 4.18. The molecular formula is C20H15F2N5O2. The molecule has 1 amide bonds. The molecule has 2 aromatic carbocycles. The van der Waals surface area contributed by atoms with Crippen LogP contribution in [-0.4, -0.2) is 38.9 Å². The van der Waals surface area contributed by atoms with Gasteiger partial charge in [0.1, 0.15) is 18.2 Å². The Kier molecular flexibility index (Phi) is 5.10. The van der Waals surface area contributed by atoms with Crippen LogP contribution in [-0.2, 0) is 0 Å². The molecule has 0 spiro atoms.